The fourth-order valence-electron chi connectivity index (χ4n) is 2.26. The lowest BCUT2D eigenvalue weighted by molar-refractivity contribution is -0.137. The van der Waals surface area contributed by atoms with Crippen molar-refractivity contribution in [2.24, 2.45) is 5.92 Å². The highest BCUT2D eigenvalue weighted by Gasteiger charge is 2.25. The average Bonchev–Trinajstić information content (AvgIpc) is 2.95. The molecule has 0 bridgehead atoms. The van der Waals surface area contributed by atoms with E-state index < -0.39 is 5.97 Å². The van der Waals surface area contributed by atoms with Crippen LogP contribution in [0.1, 0.15) is 23.8 Å². The number of aromatic nitrogens is 1. The molecule has 6 heteroatoms. The molecule has 19 heavy (non-hydrogen) atoms. The number of amides is 1. The summed E-state index contributed by atoms with van der Waals surface area (Å²) in [6.45, 7) is 3.07. The molecule has 1 aromatic heterocycles. The van der Waals surface area contributed by atoms with Crippen molar-refractivity contribution < 1.29 is 19.4 Å². The summed E-state index contributed by atoms with van der Waals surface area (Å²) in [6.07, 6.45) is 2.69. The molecule has 104 valence electrons. The van der Waals surface area contributed by atoms with Gasteiger partial charge in [-0.3, -0.25) is 9.59 Å². The summed E-state index contributed by atoms with van der Waals surface area (Å²) < 4.78 is 6.85. The van der Waals surface area contributed by atoms with Crippen LogP contribution in [0.4, 0.5) is 0 Å². The highest BCUT2D eigenvalue weighted by atomic mass is 16.5. The van der Waals surface area contributed by atoms with Gasteiger partial charge >= 0.3 is 5.97 Å². The van der Waals surface area contributed by atoms with Crippen LogP contribution in [0.15, 0.2) is 18.3 Å². The van der Waals surface area contributed by atoms with E-state index in [-0.39, 0.29) is 18.6 Å². The quantitative estimate of drug-likeness (QED) is 0.823. The van der Waals surface area contributed by atoms with Gasteiger partial charge < -0.3 is 19.7 Å². The molecule has 1 fully saturated rings. The van der Waals surface area contributed by atoms with Gasteiger partial charge in [-0.1, -0.05) is 0 Å². The molecule has 0 radical (unpaired) electrons. The van der Waals surface area contributed by atoms with Gasteiger partial charge in [0.05, 0.1) is 6.10 Å². The van der Waals surface area contributed by atoms with E-state index in [4.69, 9.17) is 9.84 Å². The van der Waals surface area contributed by atoms with Crippen LogP contribution in [-0.2, 0) is 16.1 Å². The van der Waals surface area contributed by atoms with E-state index in [0.717, 1.165) is 13.0 Å². The van der Waals surface area contributed by atoms with Gasteiger partial charge in [0.1, 0.15) is 12.2 Å². The second-order valence-electron chi connectivity index (χ2n) is 4.75. The molecule has 0 saturated carbocycles. The normalized spacial score (nSPS) is 22.4. The van der Waals surface area contributed by atoms with Crippen LogP contribution in [0.5, 0.6) is 0 Å². The number of nitrogens with one attached hydrogen (secondary N) is 1. The number of rotatable bonds is 5. The zero-order valence-corrected chi connectivity index (χ0v) is 10.8. The van der Waals surface area contributed by atoms with E-state index in [0.29, 0.717) is 18.2 Å². The number of carbonyl (C=O) groups is 2. The molecule has 1 aromatic rings. The van der Waals surface area contributed by atoms with Crippen LogP contribution < -0.4 is 5.32 Å². The fourth-order valence-corrected chi connectivity index (χ4v) is 2.26. The third-order valence-corrected chi connectivity index (χ3v) is 3.43. The van der Waals surface area contributed by atoms with Crippen molar-refractivity contribution in [2.45, 2.75) is 26.0 Å². The Bertz CT molecular complexity index is 469. The van der Waals surface area contributed by atoms with E-state index >= 15 is 0 Å². The Kier molecular flexibility index (Phi) is 4.21. The third kappa shape index (κ3) is 3.35. The van der Waals surface area contributed by atoms with Gasteiger partial charge in [0.15, 0.2) is 0 Å². The summed E-state index contributed by atoms with van der Waals surface area (Å²) in [5.41, 5.74) is 0.369. The molecule has 2 unspecified atom stereocenters. The Morgan fingerprint density at radius 3 is 3.00 bits per heavy atom. The number of aliphatic carboxylic acids is 1. The second-order valence-corrected chi connectivity index (χ2v) is 4.75. The summed E-state index contributed by atoms with van der Waals surface area (Å²) in [5, 5.41) is 11.6. The Hall–Kier alpha value is -1.82. The first kappa shape index (κ1) is 13.6. The minimum absolute atomic E-state index is 0.158. The largest absolute Gasteiger partial charge is 0.480 e. The van der Waals surface area contributed by atoms with Gasteiger partial charge in [-0.25, -0.2) is 0 Å². The topological polar surface area (TPSA) is 80.6 Å². The van der Waals surface area contributed by atoms with Crippen molar-refractivity contribution in [3.05, 3.63) is 24.0 Å². The van der Waals surface area contributed by atoms with Gasteiger partial charge in [-0.05, 0) is 25.5 Å². The van der Waals surface area contributed by atoms with Crippen molar-refractivity contribution in [2.75, 3.05) is 13.2 Å². The predicted octanol–water partition coefficient (Wildman–Crippen LogP) is 0.728. The molecule has 6 nitrogen and oxygen atoms in total. The molecule has 0 aliphatic carbocycles. The zero-order chi connectivity index (χ0) is 13.8. The minimum Gasteiger partial charge on any atom is -0.480 e. The number of ether oxygens (including phenoxy) is 1. The molecule has 1 aliphatic rings. The highest BCUT2D eigenvalue weighted by Crippen LogP contribution is 2.19. The Balaban J connectivity index is 1.92. The molecular formula is C13H18N2O4. The van der Waals surface area contributed by atoms with E-state index in [9.17, 15) is 9.59 Å². The maximum atomic E-state index is 12.0. The van der Waals surface area contributed by atoms with E-state index in [1.54, 1.807) is 18.3 Å². The van der Waals surface area contributed by atoms with Crippen molar-refractivity contribution >= 4 is 11.9 Å². The SMILES string of the molecule is CC1OCCC1CNC(=O)c1cccn1CC(=O)O. The maximum Gasteiger partial charge on any atom is 0.323 e. The van der Waals surface area contributed by atoms with Gasteiger partial charge in [-0.2, -0.15) is 0 Å². The Labute approximate surface area is 111 Å². The number of carboxylic acid groups (broad SMARTS) is 1. The summed E-state index contributed by atoms with van der Waals surface area (Å²) in [4.78, 5) is 22.7. The monoisotopic (exact) mass is 266 g/mol. The number of carboxylic acids is 1. The van der Waals surface area contributed by atoms with Crippen molar-refractivity contribution in [1.82, 2.24) is 9.88 Å². The molecule has 0 aromatic carbocycles. The summed E-state index contributed by atoms with van der Waals surface area (Å²) in [7, 11) is 0. The molecule has 1 saturated heterocycles. The molecule has 2 rings (SSSR count). The van der Waals surface area contributed by atoms with Gasteiger partial charge in [0.25, 0.3) is 5.91 Å². The second kappa shape index (κ2) is 5.88. The maximum absolute atomic E-state index is 12.0. The van der Waals surface area contributed by atoms with Gasteiger partial charge in [-0.15, -0.1) is 0 Å². The third-order valence-electron chi connectivity index (χ3n) is 3.43. The van der Waals surface area contributed by atoms with Crippen molar-refractivity contribution in [3.8, 4) is 0 Å². The van der Waals surface area contributed by atoms with Crippen LogP contribution in [0.25, 0.3) is 0 Å². The van der Waals surface area contributed by atoms with Crippen LogP contribution in [-0.4, -0.2) is 40.8 Å². The van der Waals surface area contributed by atoms with Crippen molar-refractivity contribution in [1.29, 1.82) is 0 Å². The highest BCUT2D eigenvalue weighted by molar-refractivity contribution is 5.93. The van der Waals surface area contributed by atoms with Crippen LogP contribution >= 0.6 is 0 Å². The van der Waals surface area contributed by atoms with Crippen LogP contribution in [0.3, 0.4) is 0 Å². The van der Waals surface area contributed by atoms with Gasteiger partial charge in [0, 0.05) is 25.3 Å². The summed E-state index contributed by atoms with van der Waals surface area (Å²) in [6, 6.07) is 3.28. The standard InChI is InChI=1S/C13H18N2O4/c1-9-10(4-6-19-9)7-14-13(18)11-3-2-5-15(11)8-12(16)17/h2-3,5,9-10H,4,6-8H2,1H3,(H,14,18)(H,16,17). The first-order chi connectivity index (χ1) is 9.08. The Morgan fingerprint density at radius 2 is 2.37 bits per heavy atom. The molecule has 2 atom stereocenters. The van der Waals surface area contributed by atoms with Crippen molar-refractivity contribution in [3.63, 3.8) is 0 Å². The molecule has 2 N–H and O–H groups in total. The minimum atomic E-state index is -0.969. The molecule has 1 aliphatic heterocycles. The lowest BCUT2D eigenvalue weighted by Gasteiger charge is -2.15. The average molecular weight is 266 g/mol. The van der Waals surface area contributed by atoms with Gasteiger partial charge in [0.2, 0.25) is 0 Å². The van der Waals surface area contributed by atoms with Crippen LogP contribution in [0, 0.1) is 5.92 Å². The summed E-state index contributed by atoms with van der Waals surface area (Å²) >= 11 is 0. The number of carbonyl (C=O) groups excluding carboxylic acids is 1. The molecule has 1 amide bonds. The van der Waals surface area contributed by atoms with E-state index in [1.807, 2.05) is 6.92 Å². The predicted molar refractivity (Wildman–Crippen MR) is 67.9 cm³/mol. The molecule has 0 spiro atoms. The first-order valence-electron chi connectivity index (χ1n) is 6.34. The van der Waals surface area contributed by atoms with Crippen LogP contribution in [0.2, 0.25) is 0 Å². The molecule has 2 heterocycles. The smallest absolute Gasteiger partial charge is 0.323 e. The summed E-state index contributed by atoms with van der Waals surface area (Å²) in [5.74, 6) is -0.889. The fraction of sp³-hybridized carbons (Fsp3) is 0.538. The Morgan fingerprint density at radius 1 is 1.58 bits per heavy atom. The number of hydrogen-bond acceptors (Lipinski definition) is 3. The lowest BCUT2D eigenvalue weighted by atomic mass is 10.0. The van der Waals surface area contributed by atoms with E-state index in [2.05, 4.69) is 5.32 Å². The lowest BCUT2D eigenvalue weighted by Crippen LogP contribution is -2.33. The molecular weight excluding hydrogens is 248 g/mol. The number of nitrogens with zero attached hydrogens (tertiary/aromatic N) is 1. The van der Waals surface area contributed by atoms with E-state index in [1.165, 1.54) is 4.57 Å². The zero-order valence-electron chi connectivity index (χ0n) is 10.8. The number of hydrogen-bond donors (Lipinski definition) is 2. The first-order valence-corrected chi connectivity index (χ1v) is 6.34.